The lowest BCUT2D eigenvalue weighted by Gasteiger charge is -2.19. The van der Waals surface area contributed by atoms with E-state index in [-0.39, 0.29) is 29.2 Å². The fourth-order valence-corrected chi connectivity index (χ4v) is 3.16. The number of imidazole rings is 1. The summed E-state index contributed by atoms with van der Waals surface area (Å²) in [6.45, 7) is -3.37. The Balaban J connectivity index is 1.83. The van der Waals surface area contributed by atoms with Crippen molar-refractivity contribution < 1.29 is 23.0 Å². The summed E-state index contributed by atoms with van der Waals surface area (Å²) in [7, 11) is 5.89. The normalized spacial score (nSPS) is 11.2. The van der Waals surface area contributed by atoms with Crippen LogP contribution in [0.2, 0.25) is 0 Å². The molecule has 0 atom stereocenters. The molecular formula is C19H21F2N5O5. The van der Waals surface area contributed by atoms with Gasteiger partial charge in [0.05, 0.1) is 13.4 Å². The average molecular weight is 437 g/mol. The van der Waals surface area contributed by atoms with E-state index in [4.69, 9.17) is 4.74 Å². The van der Waals surface area contributed by atoms with Crippen LogP contribution in [0.3, 0.4) is 0 Å². The van der Waals surface area contributed by atoms with Gasteiger partial charge in [-0.25, -0.2) is 14.3 Å². The minimum absolute atomic E-state index is 0.0883. The maximum absolute atomic E-state index is 12.7. The molecule has 10 nitrogen and oxygen atoms in total. The van der Waals surface area contributed by atoms with E-state index in [0.717, 1.165) is 4.57 Å². The van der Waals surface area contributed by atoms with Gasteiger partial charge in [0.15, 0.2) is 22.7 Å². The van der Waals surface area contributed by atoms with E-state index in [0.29, 0.717) is 5.56 Å². The molecule has 0 aliphatic heterocycles. The van der Waals surface area contributed by atoms with Crippen molar-refractivity contribution in [1.82, 2.24) is 23.6 Å². The van der Waals surface area contributed by atoms with E-state index in [2.05, 4.69) is 9.72 Å². The molecule has 3 rings (SSSR count). The molecule has 0 aliphatic carbocycles. The first kappa shape index (κ1) is 22.0. The van der Waals surface area contributed by atoms with Crippen LogP contribution in [-0.2, 0) is 32.0 Å². The molecule has 31 heavy (non-hydrogen) atoms. The second-order valence-corrected chi connectivity index (χ2v) is 6.87. The number of ether oxygens (including phenoxy) is 2. The second-order valence-electron chi connectivity index (χ2n) is 6.87. The zero-order valence-electron chi connectivity index (χ0n) is 17.3. The third-order valence-electron chi connectivity index (χ3n) is 4.78. The number of aromatic nitrogens is 4. The van der Waals surface area contributed by atoms with E-state index >= 15 is 0 Å². The number of rotatable bonds is 7. The summed E-state index contributed by atoms with van der Waals surface area (Å²) >= 11 is 0. The number of carbonyl (C=O) groups is 1. The number of nitrogens with zero attached hydrogens (tertiary/aromatic N) is 5. The summed E-state index contributed by atoms with van der Waals surface area (Å²) in [5, 5.41) is 0. The van der Waals surface area contributed by atoms with Crippen LogP contribution in [0.15, 0.2) is 34.1 Å². The van der Waals surface area contributed by atoms with Crippen LogP contribution in [0.4, 0.5) is 8.78 Å². The van der Waals surface area contributed by atoms with Crippen LogP contribution in [0.25, 0.3) is 11.2 Å². The Morgan fingerprint density at radius 1 is 1.23 bits per heavy atom. The summed E-state index contributed by atoms with van der Waals surface area (Å²) in [6, 6.07) is 4.29. The maximum Gasteiger partial charge on any atom is 0.387 e. The first-order valence-corrected chi connectivity index (χ1v) is 9.10. The molecule has 2 heterocycles. The number of benzene rings is 1. The first-order chi connectivity index (χ1) is 14.6. The molecule has 0 fully saturated rings. The number of methoxy groups -OCH3 is 1. The summed E-state index contributed by atoms with van der Waals surface area (Å²) in [5.41, 5.74) is -0.260. The van der Waals surface area contributed by atoms with Crippen molar-refractivity contribution in [3.63, 3.8) is 0 Å². The van der Waals surface area contributed by atoms with Gasteiger partial charge in [-0.15, -0.1) is 0 Å². The molecule has 0 spiro atoms. The molecule has 0 aliphatic rings. The molecule has 0 radical (unpaired) electrons. The Kier molecular flexibility index (Phi) is 6.09. The highest BCUT2D eigenvalue weighted by molar-refractivity contribution is 5.76. The fraction of sp³-hybridized carbons (Fsp3) is 0.368. The molecule has 0 N–H and O–H groups in total. The first-order valence-electron chi connectivity index (χ1n) is 9.10. The molecule has 12 heteroatoms. The van der Waals surface area contributed by atoms with Gasteiger partial charge in [-0.05, 0) is 17.7 Å². The highest BCUT2D eigenvalue weighted by Crippen LogP contribution is 2.29. The quantitative estimate of drug-likeness (QED) is 0.540. The highest BCUT2D eigenvalue weighted by atomic mass is 19.3. The van der Waals surface area contributed by atoms with Crippen LogP contribution < -0.4 is 20.7 Å². The number of amides is 1. The third kappa shape index (κ3) is 4.27. The lowest BCUT2D eigenvalue weighted by atomic mass is 10.2. The molecule has 166 valence electrons. The molecule has 3 aromatic rings. The van der Waals surface area contributed by atoms with Gasteiger partial charge in [0, 0.05) is 27.7 Å². The van der Waals surface area contributed by atoms with Gasteiger partial charge in [-0.1, -0.05) is 6.07 Å². The average Bonchev–Trinajstić information content (AvgIpc) is 3.11. The molecule has 0 bridgehead atoms. The van der Waals surface area contributed by atoms with Crippen molar-refractivity contribution >= 4 is 17.1 Å². The number of fused-ring (bicyclic) bond motifs is 1. The Bertz CT molecular complexity index is 1250. The maximum atomic E-state index is 12.7. The highest BCUT2D eigenvalue weighted by Gasteiger charge is 2.19. The SMILES string of the molecule is COc1cc(CN(C)C(=O)Cn2c(=O)c3c(ncn3C)n(C)c2=O)ccc1OC(F)F. The van der Waals surface area contributed by atoms with Crippen molar-refractivity contribution in [2.45, 2.75) is 19.7 Å². The van der Waals surface area contributed by atoms with Gasteiger partial charge in [0.1, 0.15) is 6.54 Å². The van der Waals surface area contributed by atoms with Crippen molar-refractivity contribution in [2.75, 3.05) is 14.2 Å². The minimum atomic E-state index is -3.00. The van der Waals surface area contributed by atoms with Crippen LogP contribution >= 0.6 is 0 Å². The van der Waals surface area contributed by atoms with E-state index in [1.54, 1.807) is 7.05 Å². The largest absolute Gasteiger partial charge is 0.493 e. The zero-order valence-corrected chi connectivity index (χ0v) is 17.3. The molecule has 1 aromatic carbocycles. The number of likely N-dealkylation sites (N-methyl/N-ethyl adjacent to an activating group) is 1. The minimum Gasteiger partial charge on any atom is -0.493 e. The van der Waals surface area contributed by atoms with Crippen LogP contribution in [0.1, 0.15) is 5.56 Å². The van der Waals surface area contributed by atoms with Crippen molar-refractivity contribution in [2.24, 2.45) is 14.1 Å². The smallest absolute Gasteiger partial charge is 0.387 e. The van der Waals surface area contributed by atoms with E-state index in [9.17, 15) is 23.2 Å². The van der Waals surface area contributed by atoms with Gasteiger partial charge in [0.25, 0.3) is 5.56 Å². The fourth-order valence-electron chi connectivity index (χ4n) is 3.16. The van der Waals surface area contributed by atoms with Gasteiger partial charge in [-0.2, -0.15) is 8.78 Å². The number of hydrogen-bond acceptors (Lipinski definition) is 6. The van der Waals surface area contributed by atoms with Crippen LogP contribution in [0.5, 0.6) is 11.5 Å². The third-order valence-corrected chi connectivity index (χ3v) is 4.78. The summed E-state index contributed by atoms with van der Waals surface area (Å²) < 4.78 is 37.9. The Hall–Kier alpha value is -3.70. The van der Waals surface area contributed by atoms with Gasteiger partial charge < -0.3 is 18.9 Å². The van der Waals surface area contributed by atoms with Gasteiger partial charge in [-0.3, -0.25) is 14.2 Å². The molecule has 2 aromatic heterocycles. The number of alkyl halides is 2. The molecule has 0 saturated carbocycles. The number of carbonyl (C=O) groups excluding carboxylic acids is 1. The van der Waals surface area contributed by atoms with Crippen molar-refractivity contribution in [1.29, 1.82) is 0 Å². The Labute approximate surface area is 174 Å². The van der Waals surface area contributed by atoms with Crippen LogP contribution in [0, 0.1) is 0 Å². The van der Waals surface area contributed by atoms with Crippen molar-refractivity contribution in [3.05, 3.63) is 50.9 Å². The van der Waals surface area contributed by atoms with Gasteiger partial charge >= 0.3 is 12.3 Å². The predicted octanol–water partition coefficient (Wildman–Crippen LogP) is 0.702. The summed E-state index contributed by atoms with van der Waals surface area (Å²) in [6.07, 6.45) is 1.42. The Morgan fingerprint density at radius 3 is 2.58 bits per heavy atom. The molecule has 0 saturated heterocycles. The number of halogens is 2. The monoisotopic (exact) mass is 437 g/mol. The molecule has 0 unspecified atom stereocenters. The van der Waals surface area contributed by atoms with E-state index in [1.165, 1.54) is 59.8 Å². The van der Waals surface area contributed by atoms with Gasteiger partial charge in [0.2, 0.25) is 5.91 Å². The number of hydrogen-bond donors (Lipinski definition) is 0. The lowest BCUT2D eigenvalue weighted by molar-refractivity contribution is -0.131. The van der Waals surface area contributed by atoms with E-state index < -0.39 is 30.3 Å². The van der Waals surface area contributed by atoms with E-state index in [1.807, 2.05) is 0 Å². The summed E-state index contributed by atoms with van der Waals surface area (Å²) in [4.78, 5) is 43.3. The van der Waals surface area contributed by atoms with Crippen molar-refractivity contribution in [3.8, 4) is 11.5 Å². The standard InChI is InChI=1S/C19H21F2N5O5/c1-23(8-11-5-6-12(31-18(20)21)13(7-11)30-4)14(27)9-26-17(28)15-16(22-10-24(15)2)25(3)19(26)29/h5-7,10,18H,8-9H2,1-4H3. The molecular weight excluding hydrogens is 416 g/mol. The predicted molar refractivity (Wildman–Crippen MR) is 106 cm³/mol. The Morgan fingerprint density at radius 2 is 1.94 bits per heavy atom. The topological polar surface area (TPSA) is 101 Å². The zero-order chi connectivity index (χ0) is 22.9. The second kappa shape index (κ2) is 8.58. The number of aryl methyl sites for hydroxylation is 2. The van der Waals surface area contributed by atoms with Crippen LogP contribution in [-0.4, -0.2) is 50.3 Å². The lowest BCUT2D eigenvalue weighted by Crippen LogP contribution is -2.43. The molecule has 1 amide bonds. The summed E-state index contributed by atoms with van der Waals surface area (Å²) in [5.74, 6) is -0.534.